The second-order valence-electron chi connectivity index (χ2n) is 7.24. The number of amides is 2. The van der Waals surface area contributed by atoms with Crippen molar-refractivity contribution in [2.45, 2.75) is 18.9 Å². The highest BCUT2D eigenvalue weighted by atomic mass is 16.2. The number of nitrogens with zero attached hydrogens (tertiary/aromatic N) is 4. The van der Waals surface area contributed by atoms with Gasteiger partial charge in [-0.05, 0) is 61.5 Å². The Hall–Kier alpha value is -4.01. The van der Waals surface area contributed by atoms with Gasteiger partial charge in [-0.1, -0.05) is 6.58 Å². The number of allylic oxidation sites excluding steroid dienone is 1. The number of nitrogens with two attached hydrogens (primary N) is 1. The van der Waals surface area contributed by atoms with Crippen LogP contribution in [0.1, 0.15) is 28.9 Å². The van der Waals surface area contributed by atoms with Crippen LogP contribution in [0.15, 0.2) is 66.5 Å². The molecule has 1 aliphatic rings. The molecule has 2 aromatic rings. The molecule has 32 heavy (non-hydrogen) atoms. The predicted molar refractivity (Wildman–Crippen MR) is 126 cm³/mol. The minimum Gasteiger partial charge on any atom is -0.405 e. The average Bonchev–Trinajstić information content (AvgIpc) is 2.82. The van der Waals surface area contributed by atoms with Crippen molar-refractivity contribution >= 4 is 29.2 Å². The van der Waals surface area contributed by atoms with Crippen LogP contribution in [0.25, 0.3) is 0 Å². The van der Waals surface area contributed by atoms with Gasteiger partial charge in [0.2, 0.25) is 11.9 Å². The number of piperidine rings is 1. The maximum atomic E-state index is 13.0. The summed E-state index contributed by atoms with van der Waals surface area (Å²) in [7, 11) is 1.68. The molecule has 4 N–H and O–H groups in total. The number of carbonyl (C=O) groups excluding carboxylic acids is 2. The molecule has 0 aliphatic carbocycles. The maximum absolute atomic E-state index is 13.0. The van der Waals surface area contributed by atoms with Crippen molar-refractivity contribution in [3.8, 4) is 0 Å². The van der Waals surface area contributed by atoms with Crippen LogP contribution in [0.4, 0.5) is 11.6 Å². The quantitative estimate of drug-likeness (QED) is 0.454. The van der Waals surface area contributed by atoms with E-state index >= 15 is 0 Å². The molecule has 1 aliphatic heterocycles. The van der Waals surface area contributed by atoms with E-state index in [0.717, 1.165) is 12.8 Å². The lowest BCUT2D eigenvalue weighted by atomic mass is 10.0. The second-order valence-corrected chi connectivity index (χ2v) is 7.24. The molecule has 3 rings (SSSR count). The number of hydrogen-bond acceptors (Lipinski definition) is 7. The standard InChI is InChI=1S/C23H27N7O2/c1-3-21(31)27-17-8-6-16(7-9-17)22(32)30-14-4-5-18(15-30)28-23-26-13-11-20(29-23)19(25-2)10-12-24/h3,6-13,18H,1,4-5,14-15,24H2,2H3,(H,27,31)(H,26,28,29)/b12-10-,25-19?/t18-/m1/s1. The van der Waals surface area contributed by atoms with E-state index in [1.165, 1.54) is 12.3 Å². The van der Waals surface area contributed by atoms with Crippen molar-refractivity contribution in [3.05, 3.63) is 72.7 Å². The molecule has 0 spiro atoms. The zero-order valence-corrected chi connectivity index (χ0v) is 18.0. The molecule has 1 fully saturated rings. The van der Waals surface area contributed by atoms with E-state index in [4.69, 9.17) is 5.73 Å². The van der Waals surface area contributed by atoms with E-state index in [-0.39, 0.29) is 17.9 Å². The minimum absolute atomic E-state index is 0.0289. The Morgan fingerprint density at radius 2 is 2.06 bits per heavy atom. The highest BCUT2D eigenvalue weighted by Gasteiger charge is 2.25. The van der Waals surface area contributed by atoms with Crippen LogP contribution in [0.5, 0.6) is 0 Å². The molecule has 2 heterocycles. The van der Waals surface area contributed by atoms with Crippen LogP contribution in [0.3, 0.4) is 0 Å². The lowest BCUT2D eigenvalue weighted by Gasteiger charge is -2.33. The number of anilines is 2. The lowest BCUT2D eigenvalue weighted by molar-refractivity contribution is -0.111. The van der Waals surface area contributed by atoms with Crippen LogP contribution in [0, 0.1) is 0 Å². The fraction of sp³-hybridized carbons (Fsp3) is 0.261. The molecule has 166 valence electrons. The van der Waals surface area contributed by atoms with Gasteiger partial charge in [0, 0.05) is 43.6 Å². The summed E-state index contributed by atoms with van der Waals surface area (Å²) in [5, 5.41) is 6.00. The number of carbonyl (C=O) groups is 2. The van der Waals surface area contributed by atoms with Crippen LogP contribution in [0.2, 0.25) is 0 Å². The smallest absolute Gasteiger partial charge is 0.253 e. The summed E-state index contributed by atoms with van der Waals surface area (Å²) in [5.74, 6) is 0.133. The molecule has 1 aromatic heterocycles. The highest BCUT2D eigenvalue weighted by Crippen LogP contribution is 2.18. The molecule has 1 saturated heterocycles. The van der Waals surface area contributed by atoms with E-state index in [2.05, 4.69) is 32.2 Å². The van der Waals surface area contributed by atoms with Gasteiger partial charge in [-0.2, -0.15) is 0 Å². The van der Waals surface area contributed by atoms with Gasteiger partial charge < -0.3 is 21.3 Å². The third-order valence-electron chi connectivity index (χ3n) is 5.04. The normalized spacial score (nSPS) is 16.6. The zero-order valence-electron chi connectivity index (χ0n) is 18.0. The van der Waals surface area contributed by atoms with Gasteiger partial charge in [-0.15, -0.1) is 0 Å². The van der Waals surface area contributed by atoms with Gasteiger partial charge in [-0.25, -0.2) is 9.97 Å². The highest BCUT2D eigenvalue weighted by molar-refractivity contribution is 6.07. The van der Waals surface area contributed by atoms with Crippen molar-refractivity contribution in [1.82, 2.24) is 14.9 Å². The molecule has 0 unspecified atom stereocenters. The van der Waals surface area contributed by atoms with E-state index in [1.807, 2.05) is 4.90 Å². The molecule has 1 atom stereocenters. The summed E-state index contributed by atoms with van der Waals surface area (Å²) in [6.45, 7) is 4.65. The third-order valence-corrected chi connectivity index (χ3v) is 5.04. The summed E-state index contributed by atoms with van der Waals surface area (Å²) in [6.07, 6.45) is 7.74. The molecule has 0 bridgehead atoms. The predicted octanol–water partition coefficient (Wildman–Crippen LogP) is 2.21. The van der Waals surface area contributed by atoms with E-state index in [1.54, 1.807) is 49.7 Å². The molecule has 0 saturated carbocycles. The summed E-state index contributed by atoms with van der Waals surface area (Å²) in [5.41, 5.74) is 7.98. The van der Waals surface area contributed by atoms with E-state index in [0.29, 0.717) is 41.7 Å². The number of benzene rings is 1. The number of rotatable bonds is 7. The maximum Gasteiger partial charge on any atom is 0.253 e. The van der Waals surface area contributed by atoms with E-state index in [9.17, 15) is 9.59 Å². The van der Waals surface area contributed by atoms with Crippen LogP contribution < -0.4 is 16.4 Å². The van der Waals surface area contributed by atoms with Crippen molar-refractivity contribution in [1.29, 1.82) is 0 Å². The molecule has 1 aromatic carbocycles. The van der Waals surface area contributed by atoms with Gasteiger partial charge in [-0.3, -0.25) is 14.6 Å². The van der Waals surface area contributed by atoms with Crippen LogP contribution in [-0.4, -0.2) is 58.6 Å². The molecule has 2 amide bonds. The zero-order chi connectivity index (χ0) is 22.9. The third kappa shape index (κ3) is 5.78. The lowest BCUT2D eigenvalue weighted by Crippen LogP contribution is -2.45. The van der Waals surface area contributed by atoms with Gasteiger partial charge in [0.25, 0.3) is 5.91 Å². The van der Waals surface area contributed by atoms with E-state index < -0.39 is 0 Å². The average molecular weight is 434 g/mol. The van der Waals surface area contributed by atoms with Gasteiger partial charge in [0.15, 0.2) is 0 Å². The van der Waals surface area contributed by atoms with Gasteiger partial charge >= 0.3 is 0 Å². The molecular weight excluding hydrogens is 406 g/mol. The Morgan fingerprint density at radius 1 is 1.28 bits per heavy atom. The Labute approximate surface area is 187 Å². The summed E-state index contributed by atoms with van der Waals surface area (Å²) < 4.78 is 0. The number of likely N-dealkylation sites (tertiary alicyclic amines) is 1. The summed E-state index contributed by atoms with van der Waals surface area (Å²) in [6, 6.07) is 8.63. The first-order valence-corrected chi connectivity index (χ1v) is 10.3. The van der Waals surface area contributed by atoms with Crippen LogP contribution in [-0.2, 0) is 4.79 Å². The summed E-state index contributed by atoms with van der Waals surface area (Å²) in [4.78, 5) is 39.2. The fourth-order valence-corrected chi connectivity index (χ4v) is 3.47. The number of aromatic nitrogens is 2. The van der Waals surface area contributed by atoms with Gasteiger partial charge in [0.1, 0.15) is 0 Å². The number of nitrogens with one attached hydrogen (secondary N) is 2. The topological polar surface area (TPSA) is 126 Å². The first kappa shape index (κ1) is 22.7. The van der Waals surface area contributed by atoms with Crippen molar-refractivity contribution in [3.63, 3.8) is 0 Å². The van der Waals surface area contributed by atoms with Crippen molar-refractivity contribution < 1.29 is 9.59 Å². The van der Waals surface area contributed by atoms with Crippen molar-refractivity contribution in [2.24, 2.45) is 10.7 Å². The molecule has 0 radical (unpaired) electrons. The largest absolute Gasteiger partial charge is 0.405 e. The fourth-order valence-electron chi connectivity index (χ4n) is 3.47. The molecular formula is C23H27N7O2. The Balaban J connectivity index is 1.65. The SMILES string of the molecule is C=CC(=O)Nc1ccc(C(=O)N2CCC[C@@H](Nc3nccc(C(/C=C\N)=NC)n3)C2)cc1. The minimum atomic E-state index is -0.295. The Bertz CT molecular complexity index is 1030. The second kappa shape index (κ2) is 10.9. The van der Waals surface area contributed by atoms with Crippen LogP contribution >= 0.6 is 0 Å². The first-order valence-electron chi connectivity index (χ1n) is 10.3. The van der Waals surface area contributed by atoms with Crippen molar-refractivity contribution in [2.75, 3.05) is 30.8 Å². The summed E-state index contributed by atoms with van der Waals surface area (Å²) >= 11 is 0. The Morgan fingerprint density at radius 3 is 2.75 bits per heavy atom. The first-order chi connectivity index (χ1) is 15.5. The molecule has 9 nitrogen and oxygen atoms in total. The van der Waals surface area contributed by atoms with Gasteiger partial charge in [0.05, 0.1) is 11.4 Å². The number of aliphatic imine (C=N–C) groups is 1. The molecule has 9 heteroatoms. The Kier molecular flexibility index (Phi) is 7.69. The monoisotopic (exact) mass is 433 g/mol. The number of hydrogen-bond donors (Lipinski definition) is 3.